The van der Waals surface area contributed by atoms with Gasteiger partial charge in [0.05, 0.1) is 11.3 Å². The highest BCUT2D eigenvalue weighted by atomic mass is 16.7. The number of tetrazole rings is 1. The Kier molecular flexibility index (Phi) is 4.58. The van der Waals surface area contributed by atoms with E-state index in [2.05, 4.69) is 20.8 Å². The average molecular weight is 381 g/mol. The Labute approximate surface area is 159 Å². The van der Waals surface area contributed by atoms with Gasteiger partial charge in [-0.05, 0) is 53.7 Å². The summed E-state index contributed by atoms with van der Waals surface area (Å²) in [7, 11) is 0. The van der Waals surface area contributed by atoms with Crippen LogP contribution in [0.2, 0.25) is 0 Å². The van der Waals surface area contributed by atoms with Crippen molar-refractivity contribution < 1.29 is 23.8 Å². The number of hydrogen-bond donors (Lipinski definition) is 1. The molecule has 10 nitrogen and oxygen atoms in total. The van der Waals surface area contributed by atoms with Gasteiger partial charge in [-0.25, -0.2) is 9.48 Å². The van der Waals surface area contributed by atoms with Crippen LogP contribution in [0, 0.1) is 0 Å². The molecule has 1 aliphatic heterocycles. The molecule has 4 rings (SSSR count). The van der Waals surface area contributed by atoms with Crippen molar-refractivity contribution in [2.75, 3.05) is 12.1 Å². The van der Waals surface area contributed by atoms with Crippen LogP contribution in [0.5, 0.6) is 11.5 Å². The second kappa shape index (κ2) is 7.35. The minimum absolute atomic E-state index is 0.146. The lowest BCUT2D eigenvalue weighted by atomic mass is 10.2. The fourth-order valence-electron chi connectivity index (χ4n) is 2.53. The van der Waals surface area contributed by atoms with Crippen LogP contribution < -0.4 is 14.8 Å². The Morgan fingerprint density at radius 2 is 1.93 bits per heavy atom. The summed E-state index contributed by atoms with van der Waals surface area (Å²) in [5.41, 5.74) is 1.51. The van der Waals surface area contributed by atoms with Gasteiger partial charge in [-0.15, -0.1) is 5.10 Å². The fourth-order valence-corrected chi connectivity index (χ4v) is 2.53. The third kappa shape index (κ3) is 3.61. The molecule has 0 radical (unpaired) electrons. The van der Waals surface area contributed by atoms with E-state index in [-0.39, 0.29) is 6.79 Å². The minimum atomic E-state index is -0.989. The zero-order valence-electron chi connectivity index (χ0n) is 14.7. The van der Waals surface area contributed by atoms with E-state index in [4.69, 9.17) is 14.2 Å². The summed E-state index contributed by atoms with van der Waals surface area (Å²) in [5.74, 6) is 0.0850. The van der Waals surface area contributed by atoms with Gasteiger partial charge in [0, 0.05) is 11.8 Å². The summed E-state index contributed by atoms with van der Waals surface area (Å²) < 4.78 is 17.2. The molecule has 0 saturated carbocycles. The number of aromatic nitrogens is 4. The van der Waals surface area contributed by atoms with E-state index in [0.717, 1.165) is 0 Å². The Balaban J connectivity index is 1.36. The molecule has 1 atom stereocenters. The standard InChI is InChI=1S/C18H15N5O5/c1-11(17(24)20-13-4-7-15-16(8-13)27-10-26-15)28-18(25)12-2-5-14(6-3-12)23-9-19-21-22-23/h2-9,11H,10H2,1H3,(H,20,24). The normalized spacial score (nSPS) is 13.0. The first-order chi connectivity index (χ1) is 13.6. The molecule has 2 heterocycles. The molecule has 3 aromatic rings. The number of carbonyl (C=O) groups is 2. The molecule has 0 saturated heterocycles. The lowest BCUT2D eigenvalue weighted by molar-refractivity contribution is -0.123. The number of anilines is 1. The van der Waals surface area contributed by atoms with Crippen LogP contribution in [0.25, 0.3) is 5.69 Å². The van der Waals surface area contributed by atoms with Crippen LogP contribution in [-0.2, 0) is 9.53 Å². The van der Waals surface area contributed by atoms with Crippen LogP contribution in [0.15, 0.2) is 48.8 Å². The van der Waals surface area contributed by atoms with Crippen molar-refractivity contribution in [3.63, 3.8) is 0 Å². The number of esters is 1. The number of amides is 1. The highest BCUT2D eigenvalue weighted by molar-refractivity contribution is 5.97. The van der Waals surface area contributed by atoms with Gasteiger partial charge < -0.3 is 19.5 Å². The van der Waals surface area contributed by atoms with Gasteiger partial charge in [-0.1, -0.05) is 0 Å². The van der Waals surface area contributed by atoms with Crippen LogP contribution in [-0.4, -0.2) is 45.0 Å². The lowest BCUT2D eigenvalue weighted by Crippen LogP contribution is -2.30. The molecule has 0 aliphatic carbocycles. The summed E-state index contributed by atoms with van der Waals surface area (Å²) in [6.07, 6.45) is 0.452. The van der Waals surface area contributed by atoms with Crippen molar-refractivity contribution in [2.45, 2.75) is 13.0 Å². The number of hydrogen-bond acceptors (Lipinski definition) is 8. The first-order valence-corrected chi connectivity index (χ1v) is 8.35. The van der Waals surface area contributed by atoms with Crippen molar-refractivity contribution in [2.24, 2.45) is 0 Å². The Bertz CT molecular complexity index is 1000. The van der Waals surface area contributed by atoms with Gasteiger partial charge in [-0.3, -0.25) is 4.79 Å². The van der Waals surface area contributed by atoms with Crippen molar-refractivity contribution in [1.29, 1.82) is 0 Å². The lowest BCUT2D eigenvalue weighted by Gasteiger charge is -2.14. The molecular weight excluding hydrogens is 366 g/mol. The molecule has 1 amide bonds. The van der Waals surface area contributed by atoms with Gasteiger partial charge in [0.1, 0.15) is 6.33 Å². The van der Waals surface area contributed by atoms with Crippen LogP contribution in [0.4, 0.5) is 5.69 Å². The van der Waals surface area contributed by atoms with Gasteiger partial charge in [-0.2, -0.15) is 0 Å². The van der Waals surface area contributed by atoms with E-state index < -0.39 is 18.0 Å². The zero-order valence-corrected chi connectivity index (χ0v) is 14.7. The maximum Gasteiger partial charge on any atom is 0.338 e. The van der Waals surface area contributed by atoms with Crippen molar-refractivity contribution in [3.05, 3.63) is 54.4 Å². The van der Waals surface area contributed by atoms with Crippen LogP contribution >= 0.6 is 0 Å². The van der Waals surface area contributed by atoms with Crippen LogP contribution in [0.1, 0.15) is 17.3 Å². The SMILES string of the molecule is CC(OC(=O)c1ccc(-n2cnnn2)cc1)C(=O)Nc1ccc2c(c1)OCO2. The second-order valence-electron chi connectivity index (χ2n) is 5.91. The Hall–Kier alpha value is -3.95. The third-order valence-electron chi connectivity index (χ3n) is 4.01. The molecule has 0 bridgehead atoms. The monoisotopic (exact) mass is 381 g/mol. The molecule has 1 N–H and O–H groups in total. The Morgan fingerprint density at radius 1 is 1.14 bits per heavy atom. The molecule has 28 heavy (non-hydrogen) atoms. The number of ether oxygens (including phenoxy) is 3. The number of nitrogens with one attached hydrogen (secondary N) is 1. The van der Waals surface area contributed by atoms with Gasteiger partial charge in [0.15, 0.2) is 17.6 Å². The van der Waals surface area contributed by atoms with Crippen molar-refractivity contribution in [3.8, 4) is 17.2 Å². The molecular formula is C18H15N5O5. The predicted molar refractivity (Wildman–Crippen MR) is 95.2 cm³/mol. The summed E-state index contributed by atoms with van der Waals surface area (Å²) >= 11 is 0. The molecule has 142 valence electrons. The van der Waals surface area contributed by atoms with Crippen molar-refractivity contribution in [1.82, 2.24) is 20.2 Å². The predicted octanol–water partition coefficient (Wildman–Crippen LogP) is 1.57. The molecule has 1 unspecified atom stereocenters. The number of rotatable bonds is 5. The molecule has 0 fully saturated rings. The van der Waals surface area contributed by atoms with E-state index in [0.29, 0.717) is 28.4 Å². The number of benzene rings is 2. The van der Waals surface area contributed by atoms with Gasteiger partial charge in [0.2, 0.25) is 6.79 Å². The van der Waals surface area contributed by atoms with Gasteiger partial charge >= 0.3 is 5.97 Å². The highest BCUT2D eigenvalue weighted by Crippen LogP contribution is 2.34. The van der Waals surface area contributed by atoms with E-state index in [1.54, 1.807) is 42.5 Å². The van der Waals surface area contributed by atoms with E-state index in [9.17, 15) is 9.59 Å². The van der Waals surface area contributed by atoms with Gasteiger partial charge in [0.25, 0.3) is 5.91 Å². The minimum Gasteiger partial charge on any atom is -0.454 e. The maximum absolute atomic E-state index is 12.3. The Morgan fingerprint density at radius 3 is 2.68 bits per heavy atom. The maximum atomic E-state index is 12.3. The summed E-state index contributed by atoms with van der Waals surface area (Å²) in [5, 5.41) is 13.5. The molecule has 1 aromatic heterocycles. The fraction of sp³-hybridized carbons (Fsp3) is 0.167. The van der Waals surface area contributed by atoms with E-state index >= 15 is 0 Å². The third-order valence-corrected chi connectivity index (χ3v) is 4.01. The zero-order chi connectivity index (χ0) is 19.5. The number of carbonyl (C=O) groups excluding carboxylic acids is 2. The topological polar surface area (TPSA) is 117 Å². The molecule has 10 heteroatoms. The second-order valence-corrected chi connectivity index (χ2v) is 5.91. The summed E-state index contributed by atoms with van der Waals surface area (Å²) in [6, 6.07) is 11.5. The number of fused-ring (bicyclic) bond motifs is 1. The van der Waals surface area contributed by atoms with E-state index in [1.165, 1.54) is 17.9 Å². The first-order valence-electron chi connectivity index (χ1n) is 8.35. The quantitative estimate of drug-likeness (QED) is 0.662. The average Bonchev–Trinajstić information content (AvgIpc) is 3.39. The molecule has 0 spiro atoms. The highest BCUT2D eigenvalue weighted by Gasteiger charge is 2.20. The summed E-state index contributed by atoms with van der Waals surface area (Å²) in [6.45, 7) is 1.64. The molecule has 2 aromatic carbocycles. The van der Waals surface area contributed by atoms with Crippen molar-refractivity contribution >= 4 is 17.6 Å². The number of nitrogens with zero attached hydrogens (tertiary/aromatic N) is 4. The van der Waals surface area contributed by atoms with E-state index in [1.807, 2.05) is 0 Å². The largest absolute Gasteiger partial charge is 0.454 e. The first kappa shape index (κ1) is 17.5. The van der Waals surface area contributed by atoms with Crippen LogP contribution in [0.3, 0.4) is 0 Å². The smallest absolute Gasteiger partial charge is 0.338 e. The molecule has 1 aliphatic rings. The summed E-state index contributed by atoms with van der Waals surface area (Å²) in [4.78, 5) is 24.6.